The zero-order chi connectivity index (χ0) is 13.1. The molecule has 0 aliphatic heterocycles. The zero-order valence-electron chi connectivity index (χ0n) is 9.58. The van der Waals surface area contributed by atoms with Crippen molar-refractivity contribution >= 4 is 11.3 Å². The van der Waals surface area contributed by atoms with Gasteiger partial charge in [0.25, 0.3) is 5.56 Å². The van der Waals surface area contributed by atoms with Crippen molar-refractivity contribution in [2.45, 2.75) is 19.4 Å². The number of H-pyrrole nitrogens is 1. The Hall–Kier alpha value is -2.20. The molecule has 0 aliphatic carbocycles. The van der Waals surface area contributed by atoms with Crippen LogP contribution in [-0.2, 0) is 6.54 Å². The monoisotopic (exact) mass is 262 g/mol. The van der Waals surface area contributed by atoms with Gasteiger partial charge >= 0.3 is 5.69 Å². The highest BCUT2D eigenvalue weighted by molar-refractivity contribution is 7.09. The molecule has 18 heavy (non-hydrogen) atoms. The Balaban J connectivity index is 2.33. The van der Waals surface area contributed by atoms with Gasteiger partial charge in [-0.2, -0.15) is 5.26 Å². The first-order valence-electron chi connectivity index (χ1n) is 5.25. The molecule has 92 valence electrons. The van der Waals surface area contributed by atoms with Crippen molar-refractivity contribution in [3.05, 3.63) is 49.2 Å². The first-order chi connectivity index (χ1) is 8.61. The number of nitrogens with one attached hydrogen (secondary N) is 1. The second-order valence-corrected chi connectivity index (χ2v) is 4.76. The maximum atomic E-state index is 11.6. The third-order valence-corrected chi connectivity index (χ3v) is 3.48. The van der Waals surface area contributed by atoms with Gasteiger partial charge in [-0.15, -0.1) is 11.3 Å². The van der Waals surface area contributed by atoms with Gasteiger partial charge in [-0.3, -0.25) is 14.3 Å². The van der Waals surface area contributed by atoms with Gasteiger partial charge in [-0.1, -0.05) is 6.92 Å². The fraction of sp³-hybridized carbons (Fsp3) is 0.273. The lowest BCUT2D eigenvalue weighted by Gasteiger charge is -2.10. The molecule has 0 radical (unpaired) electrons. The smallest absolute Gasteiger partial charge is 0.299 e. The molecule has 0 bridgehead atoms. The van der Waals surface area contributed by atoms with Gasteiger partial charge in [0.15, 0.2) is 0 Å². The molecule has 0 spiro atoms. The minimum atomic E-state index is -0.652. The lowest BCUT2D eigenvalue weighted by atomic mass is 10.2. The van der Waals surface area contributed by atoms with Crippen molar-refractivity contribution < 1.29 is 0 Å². The number of thiazole rings is 1. The van der Waals surface area contributed by atoms with E-state index in [2.05, 4.69) is 9.97 Å². The van der Waals surface area contributed by atoms with Gasteiger partial charge in [0, 0.05) is 30.2 Å². The van der Waals surface area contributed by atoms with Gasteiger partial charge < -0.3 is 0 Å². The Bertz CT molecular complexity index is 693. The molecule has 2 aromatic rings. The Morgan fingerprint density at radius 1 is 1.61 bits per heavy atom. The van der Waals surface area contributed by atoms with Crippen LogP contribution in [0.3, 0.4) is 0 Å². The molecule has 2 aromatic heterocycles. The normalized spacial score (nSPS) is 12.0. The molecule has 2 rings (SSSR count). The van der Waals surface area contributed by atoms with Crippen molar-refractivity contribution in [1.82, 2.24) is 14.5 Å². The molecule has 2 heterocycles. The summed E-state index contributed by atoms with van der Waals surface area (Å²) in [7, 11) is 0. The Morgan fingerprint density at radius 3 is 3.00 bits per heavy atom. The van der Waals surface area contributed by atoms with Crippen LogP contribution in [0.1, 0.15) is 23.4 Å². The molecule has 0 saturated heterocycles. The molecule has 0 amide bonds. The highest BCUT2D eigenvalue weighted by Crippen LogP contribution is 2.18. The maximum absolute atomic E-state index is 11.6. The first kappa shape index (κ1) is 12.3. The molecule has 0 aliphatic rings. The second-order valence-electron chi connectivity index (χ2n) is 3.84. The van der Waals surface area contributed by atoms with E-state index in [1.165, 1.54) is 22.1 Å². The number of nitriles is 1. The van der Waals surface area contributed by atoms with Gasteiger partial charge in [0.2, 0.25) is 0 Å². The number of rotatable bonds is 3. The largest absolute Gasteiger partial charge is 0.328 e. The van der Waals surface area contributed by atoms with Crippen molar-refractivity contribution in [2.75, 3.05) is 0 Å². The molecule has 1 atom stereocenters. The topological polar surface area (TPSA) is 91.5 Å². The van der Waals surface area contributed by atoms with Gasteiger partial charge in [0.05, 0.1) is 5.01 Å². The molecule has 0 aromatic carbocycles. The molecule has 0 saturated carbocycles. The van der Waals surface area contributed by atoms with Crippen molar-refractivity contribution in [1.29, 1.82) is 5.26 Å². The third-order valence-electron chi connectivity index (χ3n) is 2.47. The summed E-state index contributed by atoms with van der Waals surface area (Å²) in [5.74, 6) is 0.0418. The van der Waals surface area contributed by atoms with Gasteiger partial charge in [0.1, 0.15) is 11.6 Å². The van der Waals surface area contributed by atoms with E-state index in [1.807, 2.05) is 12.3 Å². The van der Waals surface area contributed by atoms with Gasteiger partial charge in [-0.05, 0) is 0 Å². The predicted molar refractivity (Wildman–Crippen MR) is 66.6 cm³/mol. The number of aromatic amines is 1. The number of hydrogen-bond acceptors (Lipinski definition) is 5. The zero-order valence-corrected chi connectivity index (χ0v) is 10.4. The van der Waals surface area contributed by atoms with Crippen molar-refractivity contribution in [2.24, 2.45) is 0 Å². The molecular formula is C11H10N4O2S. The fourth-order valence-corrected chi connectivity index (χ4v) is 2.27. The van der Waals surface area contributed by atoms with E-state index in [0.717, 1.165) is 5.01 Å². The third kappa shape index (κ3) is 2.38. The van der Waals surface area contributed by atoms with Crippen LogP contribution >= 0.6 is 11.3 Å². The standard InChI is InChI=1S/C11H10N4O2S/c1-7(10-13-2-3-18-10)5-15-6-8(4-12)9(16)14-11(15)17/h2-3,6-7H,5H2,1H3,(H,14,16,17). The summed E-state index contributed by atoms with van der Waals surface area (Å²) in [5.41, 5.74) is -1.23. The van der Waals surface area contributed by atoms with Crippen molar-refractivity contribution in [3.8, 4) is 6.07 Å². The molecule has 6 nitrogen and oxygen atoms in total. The van der Waals surface area contributed by atoms with Crippen LogP contribution in [0.5, 0.6) is 0 Å². The fourth-order valence-electron chi connectivity index (χ4n) is 1.58. The van der Waals surface area contributed by atoms with E-state index in [4.69, 9.17) is 5.26 Å². The van der Waals surface area contributed by atoms with Crippen LogP contribution in [-0.4, -0.2) is 14.5 Å². The summed E-state index contributed by atoms with van der Waals surface area (Å²) in [5, 5.41) is 11.5. The van der Waals surface area contributed by atoms with E-state index >= 15 is 0 Å². The summed E-state index contributed by atoms with van der Waals surface area (Å²) in [4.78, 5) is 29.1. The van der Waals surface area contributed by atoms with Crippen LogP contribution in [0.25, 0.3) is 0 Å². The Kier molecular flexibility index (Phi) is 3.39. The van der Waals surface area contributed by atoms with Crippen LogP contribution in [0.4, 0.5) is 0 Å². The van der Waals surface area contributed by atoms with E-state index in [0.29, 0.717) is 6.54 Å². The van der Waals surface area contributed by atoms with Gasteiger partial charge in [-0.25, -0.2) is 9.78 Å². The van der Waals surface area contributed by atoms with Crippen LogP contribution in [0, 0.1) is 11.3 Å². The average Bonchev–Trinajstić information content (AvgIpc) is 2.86. The molecule has 1 unspecified atom stereocenters. The SMILES string of the molecule is CC(Cn1cc(C#N)c(=O)[nH]c1=O)c1nccs1. The summed E-state index contributed by atoms with van der Waals surface area (Å²) in [6, 6.07) is 1.75. The summed E-state index contributed by atoms with van der Waals surface area (Å²) in [6.45, 7) is 2.31. The predicted octanol–water partition coefficient (Wildman–Crippen LogP) is 0.668. The highest BCUT2D eigenvalue weighted by atomic mass is 32.1. The maximum Gasteiger partial charge on any atom is 0.328 e. The Morgan fingerprint density at radius 2 is 2.39 bits per heavy atom. The van der Waals surface area contributed by atoms with E-state index in [-0.39, 0.29) is 11.5 Å². The molecule has 7 heteroatoms. The average molecular weight is 262 g/mol. The summed E-state index contributed by atoms with van der Waals surface area (Å²) >= 11 is 1.51. The van der Waals surface area contributed by atoms with Crippen molar-refractivity contribution in [3.63, 3.8) is 0 Å². The second kappa shape index (κ2) is 4.98. The number of nitrogens with zero attached hydrogens (tertiary/aromatic N) is 3. The minimum Gasteiger partial charge on any atom is -0.299 e. The number of aromatic nitrogens is 3. The van der Waals surface area contributed by atoms with Crippen LogP contribution in [0.2, 0.25) is 0 Å². The first-order valence-corrected chi connectivity index (χ1v) is 6.13. The quantitative estimate of drug-likeness (QED) is 0.880. The van der Waals surface area contributed by atoms with Crippen LogP contribution < -0.4 is 11.2 Å². The summed E-state index contributed by atoms with van der Waals surface area (Å²) in [6.07, 6.45) is 2.98. The number of hydrogen-bond donors (Lipinski definition) is 1. The molecule has 1 N–H and O–H groups in total. The highest BCUT2D eigenvalue weighted by Gasteiger charge is 2.11. The minimum absolute atomic E-state index is 0.0418. The molecular weight excluding hydrogens is 252 g/mol. The lowest BCUT2D eigenvalue weighted by Crippen LogP contribution is -2.32. The Labute approximate surface area is 106 Å². The molecule has 0 fully saturated rings. The van der Waals surface area contributed by atoms with E-state index in [1.54, 1.807) is 12.3 Å². The lowest BCUT2D eigenvalue weighted by molar-refractivity contribution is 0.563. The summed E-state index contributed by atoms with van der Waals surface area (Å²) < 4.78 is 1.33. The van der Waals surface area contributed by atoms with Crippen LogP contribution in [0.15, 0.2) is 27.4 Å². The van der Waals surface area contributed by atoms with E-state index < -0.39 is 11.2 Å². The van der Waals surface area contributed by atoms with E-state index in [9.17, 15) is 9.59 Å².